The number of hydrogen-bond acceptors (Lipinski definition) is 7. The van der Waals surface area contributed by atoms with Gasteiger partial charge in [0.15, 0.2) is 11.5 Å². The van der Waals surface area contributed by atoms with Crippen molar-refractivity contribution in [3.05, 3.63) is 12.1 Å². The predicted molar refractivity (Wildman–Crippen MR) is 105 cm³/mol. The van der Waals surface area contributed by atoms with Crippen LogP contribution >= 0.6 is 0 Å². The van der Waals surface area contributed by atoms with Crippen molar-refractivity contribution in [1.82, 2.24) is 14.9 Å². The summed E-state index contributed by atoms with van der Waals surface area (Å²) >= 11 is 0. The van der Waals surface area contributed by atoms with E-state index in [1.807, 2.05) is 25.7 Å². The number of anilines is 2. The smallest absolute Gasteiger partial charge is 0.228 e. The van der Waals surface area contributed by atoms with Gasteiger partial charge in [-0.25, -0.2) is 4.98 Å². The quantitative estimate of drug-likeness (QED) is 0.878. The summed E-state index contributed by atoms with van der Waals surface area (Å²) in [5.41, 5.74) is 6.50. The molecule has 3 rings (SSSR count). The molecule has 0 saturated carbocycles. The highest BCUT2D eigenvalue weighted by Crippen LogP contribution is 2.34. The van der Waals surface area contributed by atoms with Gasteiger partial charge in [-0.1, -0.05) is 20.8 Å². The first-order chi connectivity index (χ1) is 12.7. The third-order valence-corrected chi connectivity index (χ3v) is 4.71. The molecule has 1 saturated heterocycles. The molecule has 146 valence electrons. The maximum Gasteiger partial charge on any atom is 0.228 e. The zero-order chi connectivity index (χ0) is 19.8. The third-order valence-electron chi connectivity index (χ3n) is 4.71. The van der Waals surface area contributed by atoms with Crippen molar-refractivity contribution < 1.29 is 14.3 Å². The number of piperazine rings is 1. The van der Waals surface area contributed by atoms with E-state index >= 15 is 0 Å². The molecule has 0 bridgehead atoms. The number of benzene rings is 1. The second kappa shape index (κ2) is 7.09. The summed E-state index contributed by atoms with van der Waals surface area (Å²) in [7, 11) is 3.16. The van der Waals surface area contributed by atoms with Crippen LogP contribution < -0.4 is 20.1 Å². The van der Waals surface area contributed by atoms with Gasteiger partial charge in [-0.3, -0.25) is 4.79 Å². The van der Waals surface area contributed by atoms with E-state index < -0.39 is 0 Å². The topological polar surface area (TPSA) is 93.8 Å². The van der Waals surface area contributed by atoms with Crippen LogP contribution in [-0.4, -0.2) is 61.2 Å². The Morgan fingerprint density at radius 1 is 1.04 bits per heavy atom. The number of rotatable bonds is 3. The lowest BCUT2D eigenvalue weighted by Crippen LogP contribution is -2.52. The highest BCUT2D eigenvalue weighted by atomic mass is 16.5. The van der Waals surface area contributed by atoms with E-state index in [0.717, 1.165) is 5.39 Å². The van der Waals surface area contributed by atoms with E-state index in [9.17, 15) is 4.79 Å². The van der Waals surface area contributed by atoms with Crippen LogP contribution in [0.4, 0.5) is 11.8 Å². The first-order valence-corrected chi connectivity index (χ1v) is 8.98. The fourth-order valence-corrected chi connectivity index (χ4v) is 3.19. The molecule has 8 nitrogen and oxygen atoms in total. The lowest BCUT2D eigenvalue weighted by atomic mass is 9.94. The van der Waals surface area contributed by atoms with E-state index in [1.165, 1.54) is 0 Å². The molecule has 1 fully saturated rings. The van der Waals surface area contributed by atoms with Gasteiger partial charge in [0.25, 0.3) is 0 Å². The molecule has 1 aliphatic rings. The fraction of sp³-hybridized carbons (Fsp3) is 0.526. The molecule has 0 spiro atoms. The number of nitrogen functional groups attached to an aromatic ring is 1. The molecule has 0 radical (unpaired) electrons. The Kier molecular flexibility index (Phi) is 4.99. The first-order valence-electron chi connectivity index (χ1n) is 8.98. The van der Waals surface area contributed by atoms with Crippen molar-refractivity contribution in [2.75, 3.05) is 51.0 Å². The average molecular weight is 373 g/mol. The molecule has 0 atom stereocenters. The molecule has 27 heavy (non-hydrogen) atoms. The number of nitrogens with two attached hydrogens (primary N) is 1. The van der Waals surface area contributed by atoms with E-state index in [4.69, 9.17) is 15.2 Å². The number of nitrogens with zero attached hydrogens (tertiary/aromatic N) is 4. The second-order valence-electron chi connectivity index (χ2n) is 7.66. The van der Waals surface area contributed by atoms with E-state index in [1.54, 1.807) is 26.4 Å². The maximum absolute atomic E-state index is 12.5. The summed E-state index contributed by atoms with van der Waals surface area (Å²) in [4.78, 5) is 25.5. The highest BCUT2D eigenvalue weighted by molar-refractivity contribution is 5.91. The van der Waals surface area contributed by atoms with Crippen LogP contribution in [-0.2, 0) is 4.79 Å². The number of hydrogen-bond donors (Lipinski definition) is 1. The average Bonchev–Trinajstić information content (AvgIpc) is 2.65. The van der Waals surface area contributed by atoms with Gasteiger partial charge < -0.3 is 25.0 Å². The Hall–Kier alpha value is -2.77. The zero-order valence-corrected chi connectivity index (χ0v) is 16.6. The van der Waals surface area contributed by atoms with Crippen molar-refractivity contribution in [2.45, 2.75) is 20.8 Å². The molecule has 8 heteroatoms. The van der Waals surface area contributed by atoms with Crippen LogP contribution in [0.5, 0.6) is 11.5 Å². The normalized spacial score (nSPS) is 15.1. The van der Waals surface area contributed by atoms with Gasteiger partial charge in [-0.2, -0.15) is 4.98 Å². The highest BCUT2D eigenvalue weighted by Gasteiger charge is 2.30. The maximum atomic E-state index is 12.5. The zero-order valence-electron chi connectivity index (χ0n) is 16.6. The minimum absolute atomic E-state index is 0.165. The van der Waals surface area contributed by atoms with Crippen LogP contribution in [0, 0.1) is 5.41 Å². The minimum atomic E-state index is -0.373. The number of ether oxygens (including phenoxy) is 2. The lowest BCUT2D eigenvalue weighted by molar-refractivity contribution is -0.139. The number of carbonyl (C=O) groups is 1. The Labute approximate surface area is 159 Å². The SMILES string of the molecule is COc1cc2nc(N3CCN(C(=O)C(C)(C)C)CC3)nc(N)c2cc1OC. The Morgan fingerprint density at radius 2 is 1.63 bits per heavy atom. The van der Waals surface area contributed by atoms with Crippen molar-refractivity contribution in [3.63, 3.8) is 0 Å². The monoisotopic (exact) mass is 373 g/mol. The molecule has 1 aromatic heterocycles. The molecule has 2 N–H and O–H groups in total. The van der Waals surface area contributed by atoms with Crippen LogP contribution in [0.25, 0.3) is 10.9 Å². The summed E-state index contributed by atoms with van der Waals surface area (Å²) < 4.78 is 10.7. The molecular formula is C19H27N5O3. The number of amides is 1. The van der Waals surface area contributed by atoms with Crippen molar-refractivity contribution in [2.24, 2.45) is 5.41 Å². The van der Waals surface area contributed by atoms with Gasteiger partial charge in [0.05, 0.1) is 19.7 Å². The summed E-state index contributed by atoms with van der Waals surface area (Å²) in [6, 6.07) is 3.59. The molecule has 1 aliphatic heterocycles. The van der Waals surface area contributed by atoms with Gasteiger partial charge in [-0.15, -0.1) is 0 Å². The molecule has 0 unspecified atom stereocenters. The van der Waals surface area contributed by atoms with Gasteiger partial charge >= 0.3 is 0 Å². The summed E-state index contributed by atoms with van der Waals surface area (Å²) in [6.07, 6.45) is 0. The molecule has 2 heterocycles. The Bertz CT molecular complexity index is 855. The van der Waals surface area contributed by atoms with E-state index in [-0.39, 0.29) is 11.3 Å². The van der Waals surface area contributed by atoms with Crippen LogP contribution in [0.3, 0.4) is 0 Å². The second-order valence-corrected chi connectivity index (χ2v) is 7.66. The Morgan fingerprint density at radius 3 is 2.19 bits per heavy atom. The summed E-state index contributed by atoms with van der Waals surface area (Å²) in [6.45, 7) is 8.44. The van der Waals surface area contributed by atoms with Gasteiger partial charge in [0.1, 0.15) is 5.82 Å². The minimum Gasteiger partial charge on any atom is -0.493 e. The van der Waals surface area contributed by atoms with Crippen molar-refractivity contribution in [3.8, 4) is 11.5 Å². The number of carbonyl (C=O) groups excluding carboxylic acids is 1. The fourth-order valence-electron chi connectivity index (χ4n) is 3.19. The summed E-state index contributed by atoms with van der Waals surface area (Å²) in [5.74, 6) is 2.30. The van der Waals surface area contributed by atoms with Crippen LogP contribution in [0.1, 0.15) is 20.8 Å². The van der Waals surface area contributed by atoms with Crippen molar-refractivity contribution in [1.29, 1.82) is 0 Å². The first kappa shape index (κ1) is 19.0. The predicted octanol–water partition coefficient (Wildman–Crippen LogP) is 1.92. The molecular weight excluding hydrogens is 346 g/mol. The third kappa shape index (κ3) is 3.70. The van der Waals surface area contributed by atoms with Crippen LogP contribution in [0.2, 0.25) is 0 Å². The summed E-state index contributed by atoms with van der Waals surface area (Å²) in [5, 5.41) is 0.720. The van der Waals surface area contributed by atoms with Gasteiger partial charge in [0.2, 0.25) is 11.9 Å². The lowest BCUT2D eigenvalue weighted by Gasteiger charge is -2.37. The molecule has 0 aliphatic carbocycles. The van der Waals surface area contributed by atoms with Gasteiger partial charge in [0, 0.05) is 43.0 Å². The van der Waals surface area contributed by atoms with E-state index in [0.29, 0.717) is 55.0 Å². The Balaban J connectivity index is 1.85. The molecule has 1 aromatic carbocycles. The van der Waals surface area contributed by atoms with Gasteiger partial charge in [-0.05, 0) is 6.07 Å². The van der Waals surface area contributed by atoms with Crippen molar-refractivity contribution >= 4 is 28.6 Å². The standard InChI is InChI=1S/C19H27N5O3/c1-19(2,3)17(25)23-6-8-24(9-7-23)18-21-13-11-15(27-5)14(26-4)10-12(13)16(20)22-18/h10-11H,6-9H2,1-5H3,(H2,20,21,22). The number of fused-ring (bicyclic) bond motifs is 1. The number of aromatic nitrogens is 2. The largest absolute Gasteiger partial charge is 0.493 e. The van der Waals surface area contributed by atoms with Crippen LogP contribution in [0.15, 0.2) is 12.1 Å². The number of methoxy groups -OCH3 is 2. The van der Waals surface area contributed by atoms with E-state index in [2.05, 4.69) is 14.9 Å². The molecule has 1 amide bonds. The molecule has 2 aromatic rings.